The third-order valence-corrected chi connectivity index (χ3v) is 8.83. The first-order valence-corrected chi connectivity index (χ1v) is 21.6. The van der Waals surface area contributed by atoms with Gasteiger partial charge in [-0.2, -0.15) is 58.9 Å². The van der Waals surface area contributed by atoms with Crippen LogP contribution in [0.15, 0.2) is 0 Å². The number of hydrogen-bond donors (Lipinski definition) is 7. The van der Waals surface area contributed by atoms with Crippen molar-refractivity contribution < 1.29 is 139 Å². The Morgan fingerprint density at radius 2 is 0.692 bits per heavy atom. The summed E-state index contributed by atoms with van der Waals surface area (Å²) in [7, 11) is -40.4. The van der Waals surface area contributed by atoms with Crippen molar-refractivity contribution in [1.82, 2.24) is 0 Å². The van der Waals surface area contributed by atoms with Crippen LogP contribution >= 0.6 is 0 Å². The van der Waals surface area contributed by atoms with Gasteiger partial charge in [0.15, 0.2) is 24.8 Å². The summed E-state index contributed by atoms with van der Waals surface area (Å²) in [6, 6.07) is 0. The van der Waals surface area contributed by atoms with Crippen LogP contribution in [-0.4, -0.2) is 173 Å². The van der Waals surface area contributed by atoms with Gasteiger partial charge in [0.05, 0.1) is 13.2 Å². The number of ether oxygens (including phenoxy) is 4. The van der Waals surface area contributed by atoms with E-state index in [0.717, 1.165) is 0 Å². The molecule has 0 saturated carbocycles. The van der Waals surface area contributed by atoms with Gasteiger partial charge in [-0.25, -0.2) is 29.3 Å². The molecule has 32 nitrogen and oxygen atoms in total. The highest BCUT2D eigenvalue weighted by atomic mass is 32.3. The van der Waals surface area contributed by atoms with Crippen LogP contribution in [0.4, 0.5) is 0 Å². The molecule has 2 heterocycles. The molecule has 2 aliphatic rings. The second-order valence-corrected chi connectivity index (χ2v) is 16.7. The van der Waals surface area contributed by atoms with Crippen molar-refractivity contribution in [2.75, 3.05) is 20.3 Å². The minimum absolute atomic E-state index is 0.643. The molecule has 0 spiro atoms. The van der Waals surface area contributed by atoms with Crippen LogP contribution in [0.3, 0.4) is 0 Å². The zero-order valence-electron chi connectivity index (χ0n) is 24.4. The molecule has 0 bridgehead atoms. The first-order valence-electron chi connectivity index (χ1n) is 12.1. The van der Waals surface area contributed by atoms with Crippen LogP contribution in [0.5, 0.6) is 0 Å². The van der Waals surface area contributed by atoms with E-state index < -0.39 is 147 Å². The van der Waals surface area contributed by atoms with Gasteiger partial charge in [0, 0.05) is 7.11 Å². The van der Waals surface area contributed by atoms with Crippen molar-refractivity contribution in [1.29, 1.82) is 0 Å². The highest BCUT2D eigenvalue weighted by Gasteiger charge is 2.58. The Kier molecular flexibility index (Phi) is 15.4. The van der Waals surface area contributed by atoms with Gasteiger partial charge in [-0.15, -0.1) is 0 Å². The van der Waals surface area contributed by atoms with Crippen LogP contribution in [0, 0.1) is 0 Å². The van der Waals surface area contributed by atoms with Gasteiger partial charge in [0.25, 0.3) is 0 Å². The fraction of sp³-hybridized carbons (Fsp3) is 1.00. The minimum Gasteiger partial charge on any atom is -0.353 e. The summed E-state index contributed by atoms with van der Waals surface area (Å²) in [6.07, 6.45) is -28.9. The first kappa shape index (κ1) is 47.1. The highest BCUT2D eigenvalue weighted by molar-refractivity contribution is 7.82. The van der Waals surface area contributed by atoms with Gasteiger partial charge in [-0.1, -0.05) is 0 Å². The molecule has 2 rings (SSSR count). The van der Waals surface area contributed by atoms with Crippen molar-refractivity contribution in [2.24, 2.45) is 0 Å². The molecule has 7 N–H and O–H groups in total. The van der Waals surface area contributed by atoms with Crippen molar-refractivity contribution in [3.63, 3.8) is 0 Å². The van der Waals surface area contributed by atoms with Gasteiger partial charge in [0.2, 0.25) is 0 Å². The lowest BCUT2D eigenvalue weighted by Gasteiger charge is -2.48. The van der Waals surface area contributed by atoms with Crippen LogP contribution in [0.1, 0.15) is 0 Å². The summed E-state index contributed by atoms with van der Waals surface area (Å²) in [5.74, 6) is 0. The molecule has 52 heavy (non-hydrogen) atoms. The van der Waals surface area contributed by atoms with E-state index in [9.17, 15) is 81.7 Å². The van der Waals surface area contributed by atoms with Crippen molar-refractivity contribution in [3.05, 3.63) is 0 Å². The van der Waals surface area contributed by atoms with E-state index >= 15 is 0 Å². The van der Waals surface area contributed by atoms with E-state index in [1.165, 1.54) is 0 Å². The second kappa shape index (κ2) is 17.0. The molecule has 0 amide bonds. The Bertz CT molecular complexity index is 2020. The summed E-state index contributed by atoms with van der Waals surface area (Å²) in [5.41, 5.74) is 0. The van der Waals surface area contributed by atoms with E-state index in [2.05, 4.69) is 29.3 Å². The maximum atomic E-state index is 11.8. The van der Waals surface area contributed by atoms with Crippen LogP contribution in [0.2, 0.25) is 0 Å². The molecule has 2 fully saturated rings. The fourth-order valence-electron chi connectivity index (χ4n) is 4.19. The number of hydrogen-bond acceptors (Lipinski definition) is 25. The van der Waals surface area contributed by atoms with E-state index in [1.807, 2.05) is 0 Å². The zero-order chi connectivity index (χ0) is 40.5. The molecule has 2 saturated heterocycles. The molecule has 6 unspecified atom stereocenters. The zero-order valence-corrected chi connectivity index (χ0v) is 30.1. The summed E-state index contributed by atoms with van der Waals surface area (Å²) >= 11 is 0. The maximum Gasteiger partial charge on any atom is 0.397 e. The summed E-state index contributed by atoms with van der Waals surface area (Å²) in [4.78, 5) is 0. The third-order valence-electron chi connectivity index (χ3n) is 5.63. The largest absolute Gasteiger partial charge is 0.397 e. The number of methoxy groups -OCH3 is 1. The topological polar surface area (TPSA) is 482 Å². The Labute approximate surface area is 292 Å². The van der Waals surface area contributed by atoms with E-state index in [4.69, 9.17) is 28.1 Å². The number of rotatable bonds is 19. The lowest BCUT2D eigenvalue weighted by atomic mass is 9.97. The Morgan fingerprint density at radius 1 is 0.404 bits per heavy atom. The van der Waals surface area contributed by atoms with Crippen molar-refractivity contribution in [2.45, 2.75) is 61.4 Å². The van der Waals surface area contributed by atoms with Gasteiger partial charge in [0.1, 0.15) is 36.6 Å². The Morgan fingerprint density at radius 3 is 1.04 bits per heavy atom. The third kappa shape index (κ3) is 16.7. The molecule has 0 aromatic heterocycles. The highest BCUT2D eigenvalue weighted by Crippen LogP contribution is 2.37. The lowest BCUT2D eigenvalue weighted by molar-refractivity contribution is -0.346. The molecule has 10 atom stereocenters. The normalized spacial score (nSPS) is 31.7. The van der Waals surface area contributed by atoms with Crippen molar-refractivity contribution in [3.8, 4) is 0 Å². The molecular formula is C13H24O32S7. The molecule has 0 aliphatic carbocycles. The lowest BCUT2D eigenvalue weighted by Crippen LogP contribution is -2.67. The van der Waals surface area contributed by atoms with Crippen LogP contribution in [-0.2, 0) is 121 Å². The summed E-state index contributed by atoms with van der Waals surface area (Å²) in [5, 5.41) is 0. The first-order chi connectivity index (χ1) is 23.1. The molecule has 0 aromatic rings. The van der Waals surface area contributed by atoms with E-state index in [0.29, 0.717) is 7.11 Å². The predicted octanol–water partition coefficient (Wildman–Crippen LogP) is -5.95. The summed E-state index contributed by atoms with van der Waals surface area (Å²) < 4.78 is 276. The Hall–Kier alpha value is -1.07. The monoisotopic (exact) mass is 916 g/mol. The van der Waals surface area contributed by atoms with Gasteiger partial charge >= 0.3 is 72.8 Å². The average molecular weight is 917 g/mol. The Balaban J connectivity index is 2.95. The molecular weight excluding hydrogens is 893 g/mol. The van der Waals surface area contributed by atoms with Gasteiger partial charge < -0.3 is 18.9 Å². The quantitative estimate of drug-likeness (QED) is 0.0593. The molecule has 0 radical (unpaired) electrons. The molecule has 0 aromatic carbocycles. The van der Waals surface area contributed by atoms with E-state index in [-0.39, 0.29) is 0 Å². The molecule has 310 valence electrons. The van der Waals surface area contributed by atoms with Gasteiger partial charge in [-0.3, -0.25) is 31.9 Å². The van der Waals surface area contributed by atoms with Crippen LogP contribution < -0.4 is 0 Å². The van der Waals surface area contributed by atoms with E-state index in [1.54, 1.807) is 0 Å². The SMILES string of the molecule is CO[C@H]1OC(COS(=O)(=O)O)[C@@H](O[C@H]2OC(COS(=O)(=O)O)[C@@H](OS(=O)(=O)O)C(OS(=O)(=O)O)C2OS(=O)(=O)O)C(OS(=O)(=O)O)C1OS(=O)(=O)O. The summed E-state index contributed by atoms with van der Waals surface area (Å²) in [6.45, 7) is -3.48. The maximum absolute atomic E-state index is 11.8. The minimum atomic E-state index is -6.08. The smallest absolute Gasteiger partial charge is 0.353 e. The van der Waals surface area contributed by atoms with Crippen LogP contribution in [0.25, 0.3) is 0 Å². The molecule has 39 heteroatoms. The fourth-order valence-corrected chi connectivity index (χ4v) is 7.28. The standard InChI is InChI=1S/C13H24O32S7/c1-35-12-10(44-51(29,30)31)8(42-49(23,24)25)6(4(38-12)2-36-46(14,15)16)40-13-11(45-52(32,33)34)9(43-50(26,27)28)7(41-48(20,21)22)5(39-13)3-37-47(17,18)19/h4-13H,2-3H2,1H3,(H,14,15,16)(H,17,18,19)(H,20,21,22)(H,23,24,25)(H,26,27,28)(H,29,30,31)(H,32,33,34)/t4?,5?,6-,7-,8?,9?,10?,11?,12+,13-/m1/s1. The molecule has 2 aliphatic heterocycles. The van der Waals surface area contributed by atoms with Gasteiger partial charge in [-0.05, 0) is 0 Å². The van der Waals surface area contributed by atoms with Crippen molar-refractivity contribution >= 4 is 72.8 Å². The average Bonchev–Trinajstić information content (AvgIpc) is 2.87. The predicted molar refractivity (Wildman–Crippen MR) is 146 cm³/mol. The second-order valence-electron chi connectivity index (χ2n) is 9.29.